The summed E-state index contributed by atoms with van der Waals surface area (Å²) in [5.41, 5.74) is 1.83. The molecule has 1 unspecified atom stereocenters. The maximum atomic E-state index is 13.2. The van der Waals surface area contributed by atoms with Crippen LogP contribution in [0.2, 0.25) is 0 Å². The first-order valence-corrected chi connectivity index (χ1v) is 10.5. The van der Waals surface area contributed by atoms with Crippen molar-refractivity contribution in [3.05, 3.63) is 52.9 Å². The molecule has 4 heterocycles. The van der Waals surface area contributed by atoms with Crippen molar-refractivity contribution in [2.24, 2.45) is 5.92 Å². The summed E-state index contributed by atoms with van der Waals surface area (Å²) in [6, 6.07) is 7.01. The average molecular weight is 429 g/mol. The van der Waals surface area contributed by atoms with E-state index in [9.17, 15) is 9.90 Å². The number of aliphatic hydroxyl groups excluding tert-OH is 1. The van der Waals surface area contributed by atoms with Crippen LogP contribution in [0.5, 0.6) is 0 Å². The van der Waals surface area contributed by atoms with Gasteiger partial charge < -0.3 is 24.3 Å². The quantitative estimate of drug-likeness (QED) is 0.413. The molecule has 30 heavy (non-hydrogen) atoms. The molecule has 1 atom stereocenters. The highest BCUT2D eigenvalue weighted by Gasteiger charge is 2.29. The number of rotatable bonds is 8. The highest BCUT2D eigenvalue weighted by atomic mass is 32.1. The smallest absolute Gasteiger partial charge is 0.186 e. The summed E-state index contributed by atoms with van der Waals surface area (Å²) < 4.78 is 16.0. The zero-order valence-corrected chi connectivity index (χ0v) is 17.4. The van der Waals surface area contributed by atoms with E-state index < -0.39 is 6.23 Å². The number of thiazole rings is 1. The number of carbonyl (C=O) groups excluding carboxylic acids is 1. The molecule has 3 aromatic heterocycles. The summed E-state index contributed by atoms with van der Waals surface area (Å²) in [6.45, 7) is 1.52. The molecule has 1 saturated heterocycles. The first kappa shape index (κ1) is 20.7. The van der Waals surface area contributed by atoms with Crippen LogP contribution in [0.25, 0.3) is 11.5 Å². The average Bonchev–Trinajstić information content (AvgIpc) is 3.44. The topological polar surface area (TPSA) is 107 Å². The van der Waals surface area contributed by atoms with Crippen LogP contribution in [0.15, 0.2) is 41.1 Å². The lowest BCUT2D eigenvalue weighted by Crippen LogP contribution is -2.23. The number of nitrogens with one attached hydrogen (secondary N) is 1. The number of pyridine rings is 1. The molecule has 1 aliphatic heterocycles. The first-order chi connectivity index (χ1) is 14.7. The molecule has 0 aromatic carbocycles. The Morgan fingerprint density at radius 2 is 2.23 bits per heavy atom. The minimum Gasteiger partial charge on any atom is -0.463 e. The molecule has 0 spiro atoms. The van der Waals surface area contributed by atoms with E-state index in [1.165, 1.54) is 11.3 Å². The fourth-order valence-electron chi connectivity index (χ4n) is 3.37. The monoisotopic (exact) mass is 429 g/mol. The van der Waals surface area contributed by atoms with Gasteiger partial charge in [-0.05, 0) is 37.1 Å². The maximum absolute atomic E-state index is 13.2. The number of aromatic nitrogens is 2. The fourth-order valence-corrected chi connectivity index (χ4v) is 4.38. The zero-order valence-electron chi connectivity index (χ0n) is 16.5. The van der Waals surface area contributed by atoms with Gasteiger partial charge in [0.05, 0.1) is 18.6 Å². The van der Waals surface area contributed by atoms with Crippen LogP contribution in [-0.4, -0.2) is 41.2 Å². The van der Waals surface area contributed by atoms with E-state index in [1.54, 1.807) is 43.8 Å². The third-order valence-corrected chi connectivity index (χ3v) is 5.91. The molecule has 158 valence electrons. The van der Waals surface area contributed by atoms with Crippen LogP contribution in [-0.2, 0) is 16.1 Å². The number of ether oxygens (including phenoxy) is 2. The second-order valence-corrected chi connectivity index (χ2v) is 7.98. The van der Waals surface area contributed by atoms with E-state index in [2.05, 4.69) is 15.3 Å². The highest BCUT2D eigenvalue weighted by molar-refractivity contribution is 7.18. The Hall–Kier alpha value is -2.59. The van der Waals surface area contributed by atoms with Gasteiger partial charge in [-0.2, -0.15) is 0 Å². The predicted molar refractivity (Wildman–Crippen MR) is 111 cm³/mol. The second-order valence-electron chi connectivity index (χ2n) is 6.99. The highest BCUT2D eigenvalue weighted by Crippen LogP contribution is 2.36. The number of ketones is 1. The van der Waals surface area contributed by atoms with Gasteiger partial charge in [-0.15, -0.1) is 0 Å². The van der Waals surface area contributed by atoms with E-state index in [0.29, 0.717) is 65.4 Å². The number of hydrogen-bond acceptors (Lipinski definition) is 9. The third kappa shape index (κ3) is 4.59. The molecule has 0 radical (unpaired) electrons. The minimum absolute atomic E-state index is 0.0380. The van der Waals surface area contributed by atoms with Gasteiger partial charge in [-0.1, -0.05) is 11.3 Å². The lowest BCUT2D eigenvalue weighted by molar-refractivity contribution is 0.0547. The Bertz CT molecular complexity index is 982. The van der Waals surface area contributed by atoms with Gasteiger partial charge >= 0.3 is 0 Å². The number of anilines is 1. The van der Waals surface area contributed by atoms with E-state index >= 15 is 0 Å². The molecule has 0 saturated carbocycles. The standard InChI is InChI=1S/C21H23N3O5S/c1-27-12-15-11-14(4-7-22-15)20(26)24-21-23-17(16-3-2-8-29-16)19(30-21)18(25)13-5-9-28-10-6-13/h2-4,7-8,11,13,20,26H,5-6,9-10,12H2,1H3,(H,23,24). The minimum atomic E-state index is -1.01. The lowest BCUT2D eigenvalue weighted by atomic mass is 9.94. The normalized spacial score (nSPS) is 15.8. The molecule has 9 heteroatoms. The number of hydrogen-bond donors (Lipinski definition) is 2. The van der Waals surface area contributed by atoms with E-state index in [-0.39, 0.29) is 11.7 Å². The van der Waals surface area contributed by atoms with Crippen LogP contribution in [0.1, 0.15) is 40.0 Å². The van der Waals surface area contributed by atoms with Crippen molar-refractivity contribution in [2.45, 2.75) is 25.7 Å². The summed E-state index contributed by atoms with van der Waals surface area (Å²) in [5, 5.41) is 14.1. The van der Waals surface area contributed by atoms with E-state index in [0.717, 1.165) is 0 Å². The number of carbonyl (C=O) groups is 1. The van der Waals surface area contributed by atoms with Crippen molar-refractivity contribution in [3.63, 3.8) is 0 Å². The Labute approximate surface area is 177 Å². The number of furan rings is 1. The van der Waals surface area contributed by atoms with Crippen molar-refractivity contribution < 1.29 is 23.8 Å². The van der Waals surface area contributed by atoms with Crippen molar-refractivity contribution in [1.82, 2.24) is 9.97 Å². The Kier molecular flexibility index (Phi) is 6.53. The van der Waals surface area contributed by atoms with Gasteiger partial charge in [-0.25, -0.2) is 4.98 Å². The second kappa shape index (κ2) is 9.48. The third-order valence-electron chi connectivity index (χ3n) is 4.91. The number of nitrogens with zero attached hydrogens (tertiary/aromatic N) is 2. The van der Waals surface area contributed by atoms with Crippen LogP contribution in [0.4, 0.5) is 5.13 Å². The van der Waals surface area contributed by atoms with Gasteiger partial charge in [0, 0.05) is 38.0 Å². The van der Waals surface area contributed by atoms with Gasteiger partial charge in [0.15, 0.2) is 22.9 Å². The van der Waals surface area contributed by atoms with Crippen LogP contribution >= 0.6 is 11.3 Å². The summed E-state index contributed by atoms with van der Waals surface area (Å²) in [5.74, 6) is 0.467. The van der Waals surface area contributed by atoms with Crippen LogP contribution in [0, 0.1) is 5.92 Å². The Morgan fingerprint density at radius 3 is 2.97 bits per heavy atom. The molecular formula is C21H23N3O5S. The van der Waals surface area contributed by atoms with Gasteiger partial charge in [0.25, 0.3) is 0 Å². The number of methoxy groups -OCH3 is 1. The lowest BCUT2D eigenvalue weighted by Gasteiger charge is -2.20. The van der Waals surface area contributed by atoms with Crippen molar-refractivity contribution in [1.29, 1.82) is 0 Å². The molecule has 3 aromatic rings. The van der Waals surface area contributed by atoms with E-state index in [4.69, 9.17) is 13.9 Å². The van der Waals surface area contributed by atoms with Crippen molar-refractivity contribution >= 4 is 22.3 Å². The Balaban J connectivity index is 1.59. The Morgan fingerprint density at radius 1 is 1.40 bits per heavy atom. The summed E-state index contributed by atoms with van der Waals surface area (Å²) in [6.07, 6.45) is 3.54. The molecule has 0 bridgehead atoms. The van der Waals surface area contributed by atoms with E-state index in [1.807, 2.05) is 0 Å². The maximum Gasteiger partial charge on any atom is 0.186 e. The molecule has 2 N–H and O–H groups in total. The summed E-state index contributed by atoms with van der Waals surface area (Å²) >= 11 is 1.22. The van der Waals surface area contributed by atoms with Gasteiger partial charge in [0.1, 0.15) is 10.6 Å². The zero-order chi connectivity index (χ0) is 20.9. The van der Waals surface area contributed by atoms with Crippen molar-refractivity contribution in [3.8, 4) is 11.5 Å². The SMILES string of the molecule is COCc1cc(C(O)Nc2nc(-c3ccco3)c(C(=O)C3CCOCC3)s2)ccn1. The molecule has 8 nitrogen and oxygen atoms in total. The molecule has 0 aliphatic carbocycles. The molecule has 1 fully saturated rings. The molecular weight excluding hydrogens is 406 g/mol. The molecule has 4 rings (SSSR count). The fraction of sp³-hybridized carbons (Fsp3) is 0.381. The number of aliphatic hydroxyl groups is 1. The summed E-state index contributed by atoms with van der Waals surface area (Å²) in [7, 11) is 1.59. The van der Waals surface area contributed by atoms with Gasteiger partial charge in [0.2, 0.25) is 0 Å². The molecule has 1 aliphatic rings. The van der Waals surface area contributed by atoms with Crippen LogP contribution < -0.4 is 5.32 Å². The van der Waals surface area contributed by atoms with Crippen molar-refractivity contribution in [2.75, 3.05) is 25.6 Å². The summed E-state index contributed by atoms with van der Waals surface area (Å²) in [4.78, 5) is 22.4. The predicted octanol–water partition coefficient (Wildman–Crippen LogP) is 3.66. The largest absolute Gasteiger partial charge is 0.463 e. The number of Topliss-reactive ketones (excluding diaryl/α,β-unsaturated/α-hetero) is 1. The van der Waals surface area contributed by atoms with Gasteiger partial charge in [-0.3, -0.25) is 9.78 Å². The molecule has 0 amide bonds. The first-order valence-electron chi connectivity index (χ1n) is 9.70. The van der Waals surface area contributed by atoms with Crippen LogP contribution in [0.3, 0.4) is 0 Å².